The minimum Gasteiger partial charge on any atom is -0.326 e. The number of hydrogen-bond acceptors (Lipinski definition) is 3. The van der Waals surface area contributed by atoms with Crippen molar-refractivity contribution >= 4 is 23.4 Å². The predicted octanol–water partition coefficient (Wildman–Crippen LogP) is 2.77. The molecule has 0 radical (unpaired) electrons. The fourth-order valence-corrected chi connectivity index (χ4v) is 3.58. The van der Waals surface area contributed by atoms with Crippen LogP contribution in [0.2, 0.25) is 0 Å². The number of anilines is 1. The highest BCUT2D eigenvalue weighted by atomic mass is 19.1. The molecule has 6 heteroatoms. The Morgan fingerprint density at radius 1 is 1.07 bits per heavy atom. The Balaban J connectivity index is 1.32. The lowest BCUT2D eigenvalue weighted by atomic mass is 9.98. The molecule has 2 fully saturated rings. The van der Waals surface area contributed by atoms with E-state index >= 15 is 0 Å². The van der Waals surface area contributed by atoms with Crippen LogP contribution < -0.4 is 10.6 Å². The van der Waals surface area contributed by atoms with Crippen LogP contribution in [0.4, 0.5) is 10.1 Å². The van der Waals surface area contributed by atoms with Crippen LogP contribution in [0.1, 0.15) is 29.9 Å². The molecule has 2 aromatic rings. The van der Waals surface area contributed by atoms with E-state index in [1.807, 2.05) is 12.1 Å². The molecule has 3 amide bonds. The molecule has 1 saturated carbocycles. The van der Waals surface area contributed by atoms with Crippen molar-refractivity contribution in [3.05, 3.63) is 65.5 Å². The van der Waals surface area contributed by atoms with Crippen LogP contribution in [0.25, 0.3) is 0 Å². The Hall–Kier alpha value is -3.02. The Morgan fingerprint density at radius 2 is 1.78 bits per heavy atom. The Bertz CT molecular complexity index is 893. The van der Waals surface area contributed by atoms with Crippen molar-refractivity contribution < 1.29 is 18.8 Å². The smallest absolute Gasteiger partial charge is 0.230 e. The highest BCUT2D eigenvalue weighted by Crippen LogP contribution is 2.48. The normalized spacial score (nSPS) is 23.8. The highest BCUT2D eigenvalue weighted by Gasteiger charge is 2.43. The molecule has 0 spiro atoms. The van der Waals surface area contributed by atoms with Crippen LogP contribution in [0.15, 0.2) is 48.5 Å². The van der Waals surface area contributed by atoms with Gasteiger partial charge in [-0.2, -0.15) is 0 Å². The SMILES string of the molecule is O=C1C[C@H](Cc2ccc(NC(=O)[C@H]3C[C@@H]3c3ccc(F)cc3)cc2)C(=O)N1. The number of halogens is 1. The number of carbonyl (C=O) groups is 3. The largest absolute Gasteiger partial charge is 0.326 e. The molecule has 0 bridgehead atoms. The van der Waals surface area contributed by atoms with Gasteiger partial charge in [-0.3, -0.25) is 19.7 Å². The van der Waals surface area contributed by atoms with Gasteiger partial charge in [-0.1, -0.05) is 24.3 Å². The Labute approximate surface area is 156 Å². The second-order valence-electron chi connectivity index (χ2n) is 7.20. The Kier molecular flexibility index (Phi) is 4.48. The van der Waals surface area contributed by atoms with Gasteiger partial charge in [0.1, 0.15) is 5.82 Å². The summed E-state index contributed by atoms with van der Waals surface area (Å²) in [5.41, 5.74) is 2.62. The monoisotopic (exact) mass is 366 g/mol. The summed E-state index contributed by atoms with van der Waals surface area (Å²) in [4.78, 5) is 35.3. The number of rotatable bonds is 5. The molecular formula is C21H19FN2O3. The maximum atomic E-state index is 13.0. The minimum absolute atomic E-state index is 0.0437. The maximum Gasteiger partial charge on any atom is 0.230 e. The van der Waals surface area contributed by atoms with Gasteiger partial charge in [0.15, 0.2) is 0 Å². The van der Waals surface area contributed by atoms with Gasteiger partial charge < -0.3 is 5.32 Å². The van der Waals surface area contributed by atoms with Crippen LogP contribution >= 0.6 is 0 Å². The zero-order chi connectivity index (χ0) is 19.0. The predicted molar refractivity (Wildman–Crippen MR) is 97.3 cm³/mol. The van der Waals surface area contributed by atoms with Gasteiger partial charge >= 0.3 is 0 Å². The van der Waals surface area contributed by atoms with E-state index in [1.165, 1.54) is 12.1 Å². The molecule has 1 heterocycles. The summed E-state index contributed by atoms with van der Waals surface area (Å²) >= 11 is 0. The third-order valence-corrected chi connectivity index (χ3v) is 5.19. The van der Waals surface area contributed by atoms with Gasteiger partial charge in [-0.15, -0.1) is 0 Å². The standard InChI is InChI=1S/C21H19FN2O3/c22-15-5-3-13(4-6-15)17-11-18(17)21(27)23-16-7-1-12(2-8-16)9-14-10-19(25)24-20(14)26/h1-8,14,17-18H,9-11H2,(H,23,27)(H,24,25,26)/t14-,17+,18-/m0/s1. The molecule has 2 aromatic carbocycles. The van der Waals surface area contributed by atoms with Gasteiger partial charge in [-0.25, -0.2) is 4.39 Å². The molecule has 27 heavy (non-hydrogen) atoms. The summed E-state index contributed by atoms with van der Waals surface area (Å²) in [5, 5.41) is 5.21. The molecule has 2 aliphatic rings. The molecule has 3 atom stereocenters. The van der Waals surface area contributed by atoms with Crippen molar-refractivity contribution in [3.8, 4) is 0 Å². The van der Waals surface area contributed by atoms with Crippen LogP contribution in [-0.4, -0.2) is 17.7 Å². The molecular weight excluding hydrogens is 347 g/mol. The molecule has 2 N–H and O–H groups in total. The summed E-state index contributed by atoms with van der Waals surface area (Å²) in [5.74, 6) is -1.04. The molecule has 138 valence electrons. The summed E-state index contributed by atoms with van der Waals surface area (Å²) in [6.45, 7) is 0. The fraction of sp³-hybridized carbons (Fsp3) is 0.286. The second kappa shape index (κ2) is 6.95. The number of benzene rings is 2. The number of hydrogen-bond donors (Lipinski definition) is 2. The molecule has 5 nitrogen and oxygen atoms in total. The van der Waals surface area contributed by atoms with Crippen molar-refractivity contribution in [1.29, 1.82) is 0 Å². The van der Waals surface area contributed by atoms with Crippen molar-refractivity contribution in [2.24, 2.45) is 11.8 Å². The van der Waals surface area contributed by atoms with E-state index in [0.29, 0.717) is 12.1 Å². The van der Waals surface area contributed by atoms with Gasteiger partial charge in [0.05, 0.1) is 5.92 Å². The summed E-state index contributed by atoms with van der Waals surface area (Å²) < 4.78 is 13.0. The van der Waals surface area contributed by atoms with Gasteiger partial charge in [0.2, 0.25) is 17.7 Å². The van der Waals surface area contributed by atoms with Crippen molar-refractivity contribution in [1.82, 2.24) is 5.32 Å². The van der Waals surface area contributed by atoms with Gasteiger partial charge in [-0.05, 0) is 54.2 Å². The lowest BCUT2D eigenvalue weighted by molar-refractivity contribution is -0.125. The zero-order valence-corrected chi connectivity index (χ0v) is 14.6. The second-order valence-corrected chi connectivity index (χ2v) is 7.20. The first-order valence-corrected chi connectivity index (χ1v) is 8.98. The zero-order valence-electron chi connectivity index (χ0n) is 14.6. The van der Waals surface area contributed by atoms with E-state index in [9.17, 15) is 18.8 Å². The average molecular weight is 366 g/mol. The van der Waals surface area contributed by atoms with E-state index in [1.54, 1.807) is 24.3 Å². The van der Waals surface area contributed by atoms with E-state index < -0.39 is 0 Å². The van der Waals surface area contributed by atoms with Crippen LogP contribution in [0.3, 0.4) is 0 Å². The quantitative estimate of drug-likeness (QED) is 0.799. The number of nitrogens with one attached hydrogen (secondary N) is 2. The molecule has 4 rings (SSSR count). The molecule has 1 aliphatic carbocycles. The highest BCUT2D eigenvalue weighted by molar-refractivity contribution is 6.03. The van der Waals surface area contributed by atoms with E-state index in [2.05, 4.69) is 10.6 Å². The minimum atomic E-state index is -0.319. The van der Waals surface area contributed by atoms with Crippen LogP contribution in [0, 0.1) is 17.7 Å². The molecule has 1 aliphatic heterocycles. The van der Waals surface area contributed by atoms with E-state index in [0.717, 1.165) is 17.5 Å². The lowest BCUT2D eigenvalue weighted by Gasteiger charge is -2.09. The first kappa shape index (κ1) is 17.4. The topological polar surface area (TPSA) is 75.3 Å². The van der Waals surface area contributed by atoms with E-state index in [4.69, 9.17) is 0 Å². The first-order chi connectivity index (χ1) is 13.0. The summed E-state index contributed by atoms with van der Waals surface area (Å²) in [7, 11) is 0. The van der Waals surface area contributed by atoms with Crippen molar-refractivity contribution in [2.45, 2.75) is 25.2 Å². The van der Waals surface area contributed by atoms with Crippen molar-refractivity contribution in [2.75, 3.05) is 5.32 Å². The number of amides is 3. The van der Waals surface area contributed by atoms with Gasteiger partial charge in [0, 0.05) is 18.0 Å². The van der Waals surface area contributed by atoms with Crippen LogP contribution in [-0.2, 0) is 20.8 Å². The summed E-state index contributed by atoms with van der Waals surface area (Å²) in [6, 6.07) is 13.6. The maximum absolute atomic E-state index is 13.0. The first-order valence-electron chi connectivity index (χ1n) is 8.98. The molecule has 1 saturated heterocycles. The van der Waals surface area contributed by atoms with Gasteiger partial charge in [0.25, 0.3) is 0 Å². The third-order valence-electron chi connectivity index (χ3n) is 5.19. The Morgan fingerprint density at radius 3 is 2.41 bits per heavy atom. The summed E-state index contributed by atoms with van der Waals surface area (Å²) in [6.07, 6.45) is 1.49. The third kappa shape index (κ3) is 3.89. The fourth-order valence-electron chi connectivity index (χ4n) is 3.58. The lowest BCUT2D eigenvalue weighted by Crippen LogP contribution is -2.22. The molecule has 0 aromatic heterocycles. The number of imide groups is 1. The van der Waals surface area contributed by atoms with Crippen LogP contribution in [0.5, 0.6) is 0 Å². The molecule has 0 unspecified atom stereocenters. The number of carbonyl (C=O) groups excluding carboxylic acids is 3. The van der Waals surface area contributed by atoms with E-state index in [-0.39, 0.29) is 47.7 Å². The van der Waals surface area contributed by atoms with Crippen molar-refractivity contribution in [3.63, 3.8) is 0 Å². The average Bonchev–Trinajstić information content (AvgIpc) is 3.38.